The van der Waals surface area contributed by atoms with Crippen LogP contribution in [-0.4, -0.2) is 18.6 Å². The molecule has 1 fully saturated rings. The van der Waals surface area contributed by atoms with E-state index in [4.69, 9.17) is 28.9 Å². The Morgan fingerprint density at radius 1 is 1.42 bits per heavy atom. The topological polar surface area (TPSA) is 64.4 Å². The van der Waals surface area contributed by atoms with Crippen LogP contribution in [0.25, 0.3) is 0 Å². The van der Waals surface area contributed by atoms with Crippen LogP contribution in [0.2, 0.25) is 10.0 Å². The van der Waals surface area contributed by atoms with Crippen LogP contribution in [0.4, 0.5) is 14.5 Å². The third-order valence-electron chi connectivity index (χ3n) is 2.65. The lowest BCUT2D eigenvalue weighted by Gasteiger charge is -2.11. The van der Waals surface area contributed by atoms with Gasteiger partial charge in [-0.2, -0.15) is 8.78 Å². The fourth-order valence-corrected chi connectivity index (χ4v) is 2.16. The normalized spacial score (nSPS) is 21.4. The zero-order valence-electron chi connectivity index (χ0n) is 9.50. The summed E-state index contributed by atoms with van der Waals surface area (Å²) in [5, 5.41) is 2.35. The summed E-state index contributed by atoms with van der Waals surface area (Å²) < 4.78 is 28.4. The summed E-state index contributed by atoms with van der Waals surface area (Å²) in [6.45, 7) is -3.03. The maximum Gasteiger partial charge on any atom is 0.387 e. The van der Waals surface area contributed by atoms with E-state index in [0.29, 0.717) is 12.1 Å². The monoisotopic (exact) mass is 310 g/mol. The molecule has 1 amide bonds. The lowest BCUT2D eigenvalue weighted by Crippen LogP contribution is -2.18. The molecule has 3 N–H and O–H groups in total. The van der Waals surface area contributed by atoms with Gasteiger partial charge >= 0.3 is 6.61 Å². The van der Waals surface area contributed by atoms with Crippen LogP contribution in [0.15, 0.2) is 12.1 Å². The highest BCUT2D eigenvalue weighted by atomic mass is 35.5. The molecule has 8 heteroatoms. The molecular formula is C11H10Cl2F2N2O2. The molecule has 2 unspecified atom stereocenters. The Bertz CT molecular complexity index is 490. The van der Waals surface area contributed by atoms with E-state index in [2.05, 4.69) is 10.1 Å². The number of benzene rings is 1. The fourth-order valence-electron chi connectivity index (χ4n) is 1.58. The summed E-state index contributed by atoms with van der Waals surface area (Å²) >= 11 is 11.5. The van der Waals surface area contributed by atoms with E-state index < -0.39 is 6.61 Å². The highest BCUT2D eigenvalue weighted by Gasteiger charge is 2.40. The first-order valence-electron chi connectivity index (χ1n) is 5.38. The molecule has 1 saturated carbocycles. The first kappa shape index (κ1) is 14.3. The Morgan fingerprint density at radius 2 is 1.95 bits per heavy atom. The van der Waals surface area contributed by atoms with Crippen molar-refractivity contribution in [2.24, 2.45) is 11.7 Å². The van der Waals surface area contributed by atoms with Crippen LogP contribution in [0.3, 0.4) is 0 Å². The van der Waals surface area contributed by atoms with Crippen molar-refractivity contribution in [2.75, 3.05) is 5.32 Å². The predicted octanol–water partition coefficient (Wildman–Crippen LogP) is 2.88. The molecule has 0 bridgehead atoms. The molecule has 1 aliphatic rings. The lowest BCUT2D eigenvalue weighted by molar-refractivity contribution is -0.117. The van der Waals surface area contributed by atoms with Crippen molar-refractivity contribution in [1.82, 2.24) is 0 Å². The summed E-state index contributed by atoms with van der Waals surface area (Å²) in [5.41, 5.74) is 5.85. The van der Waals surface area contributed by atoms with Crippen molar-refractivity contribution in [2.45, 2.75) is 19.1 Å². The Hall–Kier alpha value is -1.11. The highest BCUT2D eigenvalue weighted by Crippen LogP contribution is 2.37. The van der Waals surface area contributed by atoms with Gasteiger partial charge in [0.1, 0.15) is 0 Å². The van der Waals surface area contributed by atoms with Gasteiger partial charge in [-0.1, -0.05) is 23.2 Å². The average Bonchev–Trinajstić information content (AvgIpc) is 3.01. The quantitative estimate of drug-likeness (QED) is 0.898. The number of nitrogens with one attached hydrogen (secondary N) is 1. The molecule has 4 nitrogen and oxygen atoms in total. The number of hydrogen-bond donors (Lipinski definition) is 2. The molecule has 2 atom stereocenters. The lowest BCUT2D eigenvalue weighted by atomic mass is 10.2. The molecule has 1 aromatic carbocycles. The second-order valence-electron chi connectivity index (χ2n) is 4.14. The summed E-state index contributed by atoms with van der Waals surface area (Å²) in [6.07, 6.45) is 0.625. The number of hydrogen-bond acceptors (Lipinski definition) is 3. The number of carbonyl (C=O) groups is 1. The summed E-state index contributed by atoms with van der Waals surface area (Å²) in [4.78, 5) is 11.6. The Morgan fingerprint density at radius 3 is 2.37 bits per heavy atom. The molecule has 1 aliphatic carbocycles. The van der Waals surface area contributed by atoms with E-state index >= 15 is 0 Å². The van der Waals surface area contributed by atoms with Crippen molar-refractivity contribution in [3.8, 4) is 5.75 Å². The highest BCUT2D eigenvalue weighted by molar-refractivity contribution is 6.37. The van der Waals surface area contributed by atoms with Gasteiger partial charge in [0.2, 0.25) is 5.91 Å². The van der Waals surface area contributed by atoms with Crippen molar-refractivity contribution in [1.29, 1.82) is 0 Å². The largest absolute Gasteiger partial charge is 0.432 e. The minimum atomic E-state index is -3.03. The van der Waals surface area contributed by atoms with E-state index in [1.54, 1.807) is 0 Å². The molecule has 0 heterocycles. The van der Waals surface area contributed by atoms with Crippen molar-refractivity contribution in [3.63, 3.8) is 0 Å². The van der Waals surface area contributed by atoms with Crippen LogP contribution in [-0.2, 0) is 4.79 Å². The van der Waals surface area contributed by atoms with Gasteiger partial charge in [0, 0.05) is 11.7 Å². The van der Waals surface area contributed by atoms with Crippen LogP contribution in [0.1, 0.15) is 6.42 Å². The first-order valence-corrected chi connectivity index (χ1v) is 6.14. The molecule has 0 saturated heterocycles. The average molecular weight is 311 g/mol. The van der Waals surface area contributed by atoms with Crippen molar-refractivity contribution in [3.05, 3.63) is 22.2 Å². The third kappa shape index (κ3) is 3.46. The maximum atomic E-state index is 12.1. The molecule has 0 aromatic heterocycles. The van der Waals surface area contributed by atoms with E-state index in [-0.39, 0.29) is 33.7 Å². The van der Waals surface area contributed by atoms with Crippen molar-refractivity contribution >= 4 is 34.8 Å². The number of anilines is 1. The molecule has 2 rings (SSSR count). The van der Waals surface area contributed by atoms with Gasteiger partial charge in [0.15, 0.2) is 5.75 Å². The third-order valence-corrected chi connectivity index (χ3v) is 3.21. The molecule has 0 aliphatic heterocycles. The molecule has 1 aromatic rings. The second-order valence-corrected chi connectivity index (χ2v) is 4.96. The molecule has 0 spiro atoms. The van der Waals surface area contributed by atoms with Crippen LogP contribution < -0.4 is 15.8 Å². The summed E-state index contributed by atoms with van der Waals surface area (Å²) in [5.74, 6) is -0.795. The SMILES string of the molecule is NC1CC1C(=O)Nc1cc(Cl)c(OC(F)F)c(Cl)c1. The van der Waals surface area contributed by atoms with E-state index in [1.165, 1.54) is 12.1 Å². The zero-order chi connectivity index (χ0) is 14.2. The van der Waals surface area contributed by atoms with E-state index in [9.17, 15) is 13.6 Å². The van der Waals surface area contributed by atoms with Gasteiger partial charge in [-0.05, 0) is 18.6 Å². The van der Waals surface area contributed by atoms with Gasteiger partial charge in [-0.15, -0.1) is 0 Å². The van der Waals surface area contributed by atoms with Gasteiger partial charge in [0.25, 0.3) is 0 Å². The number of rotatable bonds is 4. The van der Waals surface area contributed by atoms with Crippen LogP contribution in [0.5, 0.6) is 5.75 Å². The summed E-state index contributed by atoms with van der Waals surface area (Å²) in [6, 6.07) is 2.45. The number of alkyl halides is 2. The van der Waals surface area contributed by atoms with Crippen LogP contribution in [0, 0.1) is 5.92 Å². The van der Waals surface area contributed by atoms with Gasteiger partial charge in [-0.25, -0.2) is 0 Å². The summed E-state index contributed by atoms with van der Waals surface area (Å²) in [7, 11) is 0. The Balaban J connectivity index is 2.13. The number of carbonyl (C=O) groups excluding carboxylic acids is 1. The Kier molecular flexibility index (Phi) is 4.13. The number of amides is 1. The van der Waals surface area contributed by atoms with E-state index in [1.807, 2.05) is 0 Å². The fraction of sp³-hybridized carbons (Fsp3) is 0.364. The van der Waals surface area contributed by atoms with Crippen LogP contribution >= 0.6 is 23.2 Å². The molecule has 0 radical (unpaired) electrons. The predicted molar refractivity (Wildman–Crippen MR) is 67.8 cm³/mol. The molecule has 19 heavy (non-hydrogen) atoms. The Labute approximate surface area is 117 Å². The van der Waals surface area contributed by atoms with Gasteiger partial charge in [0.05, 0.1) is 16.0 Å². The van der Waals surface area contributed by atoms with E-state index in [0.717, 1.165) is 0 Å². The number of halogens is 4. The molecular weight excluding hydrogens is 301 g/mol. The minimum absolute atomic E-state index is 0.108. The standard InChI is InChI=1S/C11H10Cl2F2N2O2/c12-6-1-4(17-10(18)5-3-8(5)16)2-7(13)9(6)19-11(14)15/h1-2,5,8,11H,3,16H2,(H,17,18). The first-order chi connectivity index (χ1) is 8.88. The van der Waals surface area contributed by atoms with Gasteiger partial charge < -0.3 is 15.8 Å². The number of ether oxygens (including phenoxy) is 1. The second kappa shape index (κ2) is 5.48. The maximum absolute atomic E-state index is 12.1. The number of nitrogens with two attached hydrogens (primary N) is 1. The van der Waals surface area contributed by atoms with Crippen molar-refractivity contribution < 1.29 is 18.3 Å². The zero-order valence-corrected chi connectivity index (χ0v) is 11.0. The smallest absolute Gasteiger partial charge is 0.387 e. The molecule has 104 valence electrons. The van der Waals surface area contributed by atoms with Gasteiger partial charge in [-0.3, -0.25) is 4.79 Å². The minimum Gasteiger partial charge on any atom is -0.432 e.